The second-order valence-corrected chi connectivity index (χ2v) is 6.63. The normalized spacial score (nSPS) is 13.9. The molecule has 0 saturated carbocycles. The maximum atomic E-state index is 12.0. The number of Topliss-reactive ketones (excluding diaryl/α,β-unsaturated/α-hetero) is 1. The molecule has 0 saturated heterocycles. The van der Waals surface area contributed by atoms with Crippen molar-refractivity contribution < 1.29 is 19.4 Å². The molecule has 1 aromatic heterocycles. The van der Waals surface area contributed by atoms with E-state index < -0.39 is 11.6 Å². The molecule has 1 unspecified atom stereocenters. The number of aliphatic hydroxyl groups is 1. The molecule has 0 spiro atoms. The van der Waals surface area contributed by atoms with Crippen molar-refractivity contribution in [2.24, 2.45) is 5.92 Å². The van der Waals surface area contributed by atoms with E-state index in [1.54, 1.807) is 0 Å². The highest BCUT2D eigenvalue weighted by molar-refractivity contribution is 5.95. The minimum Gasteiger partial charge on any atom is -0.469 e. The first-order valence-corrected chi connectivity index (χ1v) is 8.21. The lowest BCUT2D eigenvalue weighted by Crippen LogP contribution is -2.38. The summed E-state index contributed by atoms with van der Waals surface area (Å²) in [4.78, 5) is 26.4. The summed E-state index contributed by atoms with van der Waals surface area (Å²) < 4.78 is 4.51. The third-order valence-corrected chi connectivity index (χ3v) is 4.61. The zero-order valence-corrected chi connectivity index (χ0v) is 14.5. The van der Waals surface area contributed by atoms with Crippen molar-refractivity contribution in [3.63, 3.8) is 0 Å². The second-order valence-electron chi connectivity index (χ2n) is 6.63. The molecule has 0 fully saturated rings. The summed E-state index contributed by atoms with van der Waals surface area (Å²) in [5, 5.41) is 12.0. The van der Waals surface area contributed by atoms with Gasteiger partial charge in [-0.05, 0) is 47.9 Å². The van der Waals surface area contributed by atoms with E-state index in [4.69, 9.17) is 0 Å². The maximum absolute atomic E-state index is 12.0. The van der Waals surface area contributed by atoms with Gasteiger partial charge in [-0.1, -0.05) is 19.9 Å². The van der Waals surface area contributed by atoms with Crippen LogP contribution in [0.4, 0.5) is 0 Å². The average Bonchev–Trinajstić information content (AvgIpc) is 3.00. The summed E-state index contributed by atoms with van der Waals surface area (Å²) in [7, 11) is 1.25. The van der Waals surface area contributed by atoms with Crippen LogP contribution in [0.25, 0.3) is 10.9 Å². The number of carbonyl (C=O) groups excluding carboxylic acids is 2. The van der Waals surface area contributed by atoms with Crippen LogP contribution in [0.1, 0.15) is 38.7 Å². The molecule has 0 aliphatic carbocycles. The maximum Gasteiger partial charge on any atom is 0.313 e. The van der Waals surface area contributed by atoms with Gasteiger partial charge in [0.15, 0.2) is 0 Å². The SMILES string of the molecule is COC(=O)CC(=O)CC(O)(CCc1ccc2[nH]ccc2c1)C(C)C. The summed E-state index contributed by atoms with van der Waals surface area (Å²) in [6, 6.07) is 8.13. The van der Waals surface area contributed by atoms with Crippen molar-refractivity contribution in [1.29, 1.82) is 0 Å². The van der Waals surface area contributed by atoms with Crippen LogP contribution in [-0.4, -0.2) is 34.6 Å². The Bertz CT molecular complexity index is 719. The Balaban J connectivity index is 2.03. The number of nitrogens with one attached hydrogen (secondary N) is 1. The Hall–Kier alpha value is -2.14. The summed E-state index contributed by atoms with van der Waals surface area (Å²) >= 11 is 0. The van der Waals surface area contributed by atoms with Crippen LogP contribution in [0.2, 0.25) is 0 Å². The smallest absolute Gasteiger partial charge is 0.313 e. The Labute approximate surface area is 142 Å². The number of aryl methyl sites for hydroxylation is 1. The van der Waals surface area contributed by atoms with Gasteiger partial charge in [0.2, 0.25) is 0 Å². The number of esters is 1. The van der Waals surface area contributed by atoms with E-state index >= 15 is 0 Å². The molecular weight excluding hydrogens is 306 g/mol. The molecule has 0 radical (unpaired) electrons. The van der Waals surface area contributed by atoms with Crippen molar-refractivity contribution in [3.8, 4) is 0 Å². The molecule has 0 aliphatic rings. The molecule has 1 aromatic carbocycles. The van der Waals surface area contributed by atoms with E-state index in [0.717, 1.165) is 16.5 Å². The van der Waals surface area contributed by atoms with Gasteiger partial charge in [0, 0.05) is 18.1 Å². The molecule has 1 heterocycles. The second kappa shape index (κ2) is 7.62. The fourth-order valence-electron chi connectivity index (χ4n) is 2.84. The minimum absolute atomic E-state index is 0.0355. The number of ether oxygens (including phenoxy) is 1. The molecule has 2 rings (SSSR count). The molecule has 2 N–H and O–H groups in total. The van der Waals surface area contributed by atoms with Crippen LogP contribution in [0.15, 0.2) is 30.5 Å². The van der Waals surface area contributed by atoms with Gasteiger partial charge in [-0.15, -0.1) is 0 Å². The minimum atomic E-state index is -1.13. The topological polar surface area (TPSA) is 79.4 Å². The number of methoxy groups -OCH3 is 1. The first-order chi connectivity index (χ1) is 11.3. The molecule has 5 heteroatoms. The monoisotopic (exact) mass is 331 g/mol. The molecule has 0 aliphatic heterocycles. The number of H-pyrrole nitrogens is 1. The number of fused-ring (bicyclic) bond motifs is 1. The lowest BCUT2D eigenvalue weighted by Gasteiger charge is -2.31. The number of ketones is 1. The largest absolute Gasteiger partial charge is 0.469 e. The number of aromatic nitrogens is 1. The molecule has 2 aromatic rings. The molecule has 5 nitrogen and oxygen atoms in total. The molecule has 0 amide bonds. The molecule has 130 valence electrons. The number of carbonyl (C=O) groups is 2. The van der Waals surface area contributed by atoms with Crippen LogP contribution < -0.4 is 0 Å². The number of aromatic amines is 1. The van der Waals surface area contributed by atoms with E-state index in [1.807, 2.05) is 38.2 Å². The lowest BCUT2D eigenvalue weighted by atomic mass is 9.80. The van der Waals surface area contributed by atoms with Crippen molar-refractivity contribution in [3.05, 3.63) is 36.0 Å². The standard InChI is InChI=1S/C19H25NO4/c1-13(2)19(23,12-16(21)11-18(22)24-3)8-6-14-4-5-17-15(10-14)7-9-20-17/h4-5,7,9-10,13,20,23H,6,8,11-12H2,1-3H3. The first kappa shape index (κ1) is 18.2. The summed E-state index contributed by atoms with van der Waals surface area (Å²) in [6.07, 6.45) is 2.70. The van der Waals surface area contributed by atoms with E-state index in [2.05, 4.69) is 15.8 Å². The number of benzene rings is 1. The van der Waals surface area contributed by atoms with Gasteiger partial charge in [0.1, 0.15) is 12.2 Å². The van der Waals surface area contributed by atoms with Gasteiger partial charge in [0.05, 0.1) is 12.7 Å². The quantitative estimate of drug-likeness (QED) is 0.576. The highest BCUT2D eigenvalue weighted by Gasteiger charge is 2.33. The van der Waals surface area contributed by atoms with Crippen LogP contribution >= 0.6 is 0 Å². The number of hydrogen-bond acceptors (Lipinski definition) is 4. The molecule has 0 bridgehead atoms. The van der Waals surface area contributed by atoms with Gasteiger partial charge in [0.25, 0.3) is 0 Å². The van der Waals surface area contributed by atoms with Crippen molar-refractivity contribution in [2.75, 3.05) is 7.11 Å². The highest BCUT2D eigenvalue weighted by atomic mass is 16.5. The first-order valence-electron chi connectivity index (χ1n) is 8.21. The zero-order chi connectivity index (χ0) is 17.7. The van der Waals surface area contributed by atoms with Crippen LogP contribution in [0.5, 0.6) is 0 Å². The number of rotatable bonds is 8. The predicted octanol–water partition coefficient (Wildman–Crippen LogP) is 3.01. The Morgan fingerprint density at radius 3 is 2.71 bits per heavy atom. The molecule has 1 atom stereocenters. The van der Waals surface area contributed by atoms with Crippen LogP contribution in [0.3, 0.4) is 0 Å². The van der Waals surface area contributed by atoms with E-state index in [-0.39, 0.29) is 24.5 Å². The summed E-state index contributed by atoms with van der Waals surface area (Å²) in [5.41, 5.74) is 1.06. The van der Waals surface area contributed by atoms with Crippen molar-refractivity contribution in [1.82, 2.24) is 4.98 Å². The Kier molecular flexibility index (Phi) is 5.78. The number of hydrogen-bond donors (Lipinski definition) is 2. The summed E-state index contributed by atoms with van der Waals surface area (Å²) in [5.74, 6) is -0.946. The van der Waals surface area contributed by atoms with E-state index in [0.29, 0.717) is 12.8 Å². The van der Waals surface area contributed by atoms with Crippen LogP contribution in [-0.2, 0) is 20.7 Å². The van der Waals surface area contributed by atoms with E-state index in [9.17, 15) is 14.7 Å². The van der Waals surface area contributed by atoms with Gasteiger partial charge >= 0.3 is 5.97 Å². The van der Waals surface area contributed by atoms with Gasteiger partial charge < -0.3 is 14.8 Å². The van der Waals surface area contributed by atoms with Crippen molar-refractivity contribution in [2.45, 2.75) is 45.1 Å². The molecule has 24 heavy (non-hydrogen) atoms. The van der Waals surface area contributed by atoms with Gasteiger partial charge in [-0.2, -0.15) is 0 Å². The predicted molar refractivity (Wildman–Crippen MR) is 92.7 cm³/mol. The lowest BCUT2D eigenvalue weighted by molar-refractivity contribution is -0.144. The zero-order valence-electron chi connectivity index (χ0n) is 14.5. The Morgan fingerprint density at radius 1 is 1.29 bits per heavy atom. The third kappa shape index (κ3) is 4.45. The Morgan fingerprint density at radius 2 is 2.04 bits per heavy atom. The van der Waals surface area contributed by atoms with Gasteiger partial charge in [-0.3, -0.25) is 9.59 Å². The fourth-order valence-corrected chi connectivity index (χ4v) is 2.84. The highest BCUT2D eigenvalue weighted by Crippen LogP contribution is 2.28. The van der Waals surface area contributed by atoms with Crippen LogP contribution in [0, 0.1) is 5.92 Å². The van der Waals surface area contributed by atoms with Gasteiger partial charge in [-0.25, -0.2) is 0 Å². The van der Waals surface area contributed by atoms with E-state index in [1.165, 1.54) is 7.11 Å². The fraction of sp³-hybridized carbons (Fsp3) is 0.474. The summed E-state index contributed by atoms with van der Waals surface area (Å²) in [6.45, 7) is 3.78. The molecular formula is C19H25NO4. The average molecular weight is 331 g/mol. The van der Waals surface area contributed by atoms with Crippen molar-refractivity contribution >= 4 is 22.7 Å². The third-order valence-electron chi connectivity index (χ3n) is 4.61.